The average molecular weight is 337 g/mol. The summed E-state index contributed by atoms with van der Waals surface area (Å²) in [4.78, 5) is 0. The summed E-state index contributed by atoms with van der Waals surface area (Å²) in [6, 6.07) is 16.9. The van der Waals surface area contributed by atoms with Crippen molar-refractivity contribution in [3.63, 3.8) is 0 Å². The lowest BCUT2D eigenvalue weighted by Gasteiger charge is -2.06. The van der Waals surface area contributed by atoms with Crippen molar-refractivity contribution in [2.45, 2.75) is 6.61 Å². The molecular weight excluding hydrogens is 324 g/mol. The molecule has 0 atom stereocenters. The van der Waals surface area contributed by atoms with Gasteiger partial charge in [-0.1, -0.05) is 53.7 Å². The Labute approximate surface area is 142 Å². The summed E-state index contributed by atoms with van der Waals surface area (Å²) >= 11 is 0. The molecule has 1 heterocycles. The van der Waals surface area contributed by atoms with Gasteiger partial charge < -0.3 is 9.63 Å². The summed E-state index contributed by atoms with van der Waals surface area (Å²) in [6.45, 7) is -0.453. The van der Waals surface area contributed by atoms with Crippen molar-refractivity contribution >= 4 is 10.8 Å². The summed E-state index contributed by atoms with van der Waals surface area (Å²) in [5.41, 5.74) is 1.02. The molecule has 0 radical (unpaired) electrons. The van der Waals surface area contributed by atoms with E-state index < -0.39 is 18.2 Å². The summed E-state index contributed by atoms with van der Waals surface area (Å²) < 4.78 is 33.5. The molecule has 1 N–H and O–H groups in total. The molecule has 0 bridgehead atoms. The molecule has 0 amide bonds. The highest BCUT2D eigenvalue weighted by atomic mass is 19.1. The Morgan fingerprint density at radius 1 is 0.880 bits per heavy atom. The average Bonchev–Trinajstić information content (AvgIpc) is 3.04. The van der Waals surface area contributed by atoms with Crippen LogP contribution in [-0.4, -0.2) is 10.3 Å². The van der Waals surface area contributed by atoms with Crippen molar-refractivity contribution in [1.29, 1.82) is 0 Å². The molecular formula is C20H13F2NO2. The maximum atomic E-state index is 14.1. The highest BCUT2D eigenvalue weighted by molar-refractivity contribution is 5.97. The standard InChI is InChI=1S/C20H13F2NO2/c21-16-9-4-10-17(22)18(16)20-15(11-24)19(23-25-20)14-8-3-6-12-5-1-2-7-13(12)14/h1-10,24H,11H2. The third-order valence-corrected chi connectivity index (χ3v) is 4.18. The van der Waals surface area contributed by atoms with Crippen LogP contribution in [0, 0.1) is 11.6 Å². The maximum absolute atomic E-state index is 14.1. The molecule has 0 unspecified atom stereocenters. The van der Waals surface area contributed by atoms with Gasteiger partial charge in [-0.15, -0.1) is 0 Å². The maximum Gasteiger partial charge on any atom is 0.178 e. The van der Waals surface area contributed by atoms with E-state index in [2.05, 4.69) is 5.16 Å². The summed E-state index contributed by atoms with van der Waals surface area (Å²) in [7, 11) is 0. The molecule has 5 heteroatoms. The fourth-order valence-corrected chi connectivity index (χ4v) is 3.01. The van der Waals surface area contributed by atoms with Crippen molar-refractivity contribution in [1.82, 2.24) is 5.16 Å². The van der Waals surface area contributed by atoms with Gasteiger partial charge >= 0.3 is 0 Å². The van der Waals surface area contributed by atoms with E-state index in [1.165, 1.54) is 6.07 Å². The highest BCUT2D eigenvalue weighted by Crippen LogP contribution is 2.37. The zero-order valence-corrected chi connectivity index (χ0v) is 13.0. The van der Waals surface area contributed by atoms with Crippen LogP contribution in [0.15, 0.2) is 65.2 Å². The summed E-state index contributed by atoms with van der Waals surface area (Å²) in [5.74, 6) is -1.63. The van der Waals surface area contributed by atoms with E-state index in [4.69, 9.17) is 4.52 Å². The third kappa shape index (κ3) is 2.49. The fraction of sp³-hybridized carbons (Fsp3) is 0.0500. The largest absolute Gasteiger partial charge is 0.391 e. The van der Waals surface area contributed by atoms with Crippen LogP contribution in [0.3, 0.4) is 0 Å². The van der Waals surface area contributed by atoms with Gasteiger partial charge in [0.15, 0.2) is 5.76 Å². The van der Waals surface area contributed by atoms with Crippen LogP contribution in [0.2, 0.25) is 0 Å². The molecule has 0 saturated heterocycles. The number of aliphatic hydroxyl groups is 1. The van der Waals surface area contributed by atoms with Crippen LogP contribution in [0.25, 0.3) is 33.4 Å². The Morgan fingerprint density at radius 2 is 1.56 bits per heavy atom. The van der Waals surface area contributed by atoms with Crippen molar-refractivity contribution < 1.29 is 18.4 Å². The number of aromatic nitrogens is 1. The Bertz CT molecular complexity index is 1050. The van der Waals surface area contributed by atoms with E-state index in [0.717, 1.165) is 28.5 Å². The van der Waals surface area contributed by atoms with Gasteiger partial charge in [0.05, 0.1) is 17.7 Å². The van der Waals surface area contributed by atoms with E-state index in [9.17, 15) is 13.9 Å². The van der Waals surface area contributed by atoms with Gasteiger partial charge in [-0.2, -0.15) is 0 Å². The van der Waals surface area contributed by atoms with E-state index in [-0.39, 0.29) is 16.9 Å². The predicted molar refractivity (Wildman–Crippen MR) is 90.7 cm³/mol. The van der Waals surface area contributed by atoms with Crippen LogP contribution >= 0.6 is 0 Å². The second-order valence-electron chi connectivity index (χ2n) is 5.62. The van der Waals surface area contributed by atoms with Crippen LogP contribution in [0.1, 0.15) is 5.56 Å². The summed E-state index contributed by atoms with van der Waals surface area (Å²) in [5, 5.41) is 15.7. The molecule has 1 aromatic heterocycles. The SMILES string of the molecule is OCc1c(-c2cccc3ccccc23)noc1-c1c(F)cccc1F. The van der Waals surface area contributed by atoms with Gasteiger partial charge in [0.1, 0.15) is 17.3 Å². The minimum absolute atomic E-state index is 0.0963. The first-order chi connectivity index (χ1) is 12.2. The van der Waals surface area contributed by atoms with Crippen molar-refractivity contribution in [2.24, 2.45) is 0 Å². The number of hydrogen-bond acceptors (Lipinski definition) is 3. The Balaban J connectivity index is 1.98. The molecule has 4 aromatic rings. The van der Waals surface area contributed by atoms with Crippen LogP contribution < -0.4 is 0 Å². The Kier molecular flexibility index (Phi) is 3.78. The zero-order chi connectivity index (χ0) is 17.4. The van der Waals surface area contributed by atoms with Gasteiger partial charge in [-0.05, 0) is 22.9 Å². The van der Waals surface area contributed by atoms with Gasteiger partial charge in [-0.25, -0.2) is 8.78 Å². The number of hydrogen-bond donors (Lipinski definition) is 1. The number of aliphatic hydroxyl groups excluding tert-OH is 1. The van der Waals surface area contributed by atoms with Crippen LogP contribution in [0.4, 0.5) is 8.78 Å². The lowest BCUT2D eigenvalue weighted by Crippen LogP contribution is -1.94. The van der Waals surface area contributed by atoms with Gasteiger partial charge in [-0.3, -0.25) is 0 Å². The van der Waals surface area contributed by atoms with E-state index >= 15 is 0 Å². The zero-order valence-electron chi connectivity index (χ0n) is 13.0. The number of halogens is 2. The highest BCUT2D eigenvalue weighted by Gasteiger charge is 2.24. The molecule has 4 rings (SSSR count). The van der Waals surface area contributed by atoms with E-state index in [1.54, 1.807) is 0 Å². The molecule has 124 valence electrons. The van der Waals surface area contributed by atoms with Crippen LogP contribution in [0.5, 0.6) is 0 Å². The molecule has 0 fully saturated rings. The van der Waals surface area contributed by atoms with E-state index in [0.29, 0.717) is 5.69 Å². The minimum Gasteiger partial charge on any atom is -0.391 e. The molecule has 3 aromatic carbocycles. The first-order valence-corrected chi connectivity index (χ1v) is 7.72. The van der Waals surface area contributed by atoms with Gasteiger partial charge in [0.25, 0.3) is 0 Å². The summed E-state index contributed by atoms with van der Waals surface area (Å²) in [6.07, 6.45) is 0. The van der Waals surface area contributed by atoms with Gasteiger partial charge in [0, 0.05) is 5.56 Å². The minimum atomic E-state index is -0.768. The number of fused-ring (bicyclic) bond motifs is 1. The molecule has 0 aliphatic rings. The van der Waals surface area contributed by atoms with Crippen molar-refractivity contribution in [2.75, 3.05) is 0 Å². The second-order valence-corrected chi connectivity index (χ2v) is 5.62. The second kappa shape index (κ2) is 6.11. The first-order valence-electron chi connectivity index (χ1n) is 7.72. The molecule has 3 nitrogen and oxygen atoms in total. The quantitative estimate of drug-likeness (QED) is 0.576. The molecule has 0 saturated carbocycles. The number of rotatable bonds is 3. The molecule has 0 spiro atoms. The fourth-order valence-electron chi connectivity index (χ4n) is 3.01. The van der Waals surface area contributed by atoms with Crippen molar-refractivity contribution in [3.05, 3.63) is 77.9 Å². The molecule has 0 aliphatic heterocycles. The number of benzene rings is 3. The van der Waals surface area contributed by atoms with Gasteiger partial charge in [0.2, 0.25) is 0 Å². The number of nitrogens with zero attached hydrogens (tertiary/aromatic N) is 1. The lowest BCUT2D eigenvalue weighted by atomic mass is 9.98. The monoisotopic (exact) mass is 337 g/mol. The predicted octanol–water partition coefficient (Wildman–Crippen LogP) is 4.93. The smallest absolute Gasteiger partial charge is 0.178 e. The van der Waals surface area contributed by atoms with Crippen molar-refractivity contribution in [3.8, 4) is 22.6 Å². The van der Waals surface area contributed by atoms with E-state index in [1.807, 2.05) is 42.5 Å². The molecule has 25 heavy (non-hydrogen) atoms. The Morgan fingerprint density at radius 3 is 2.32 bits per heavy atom. The third-order valence-electron chi connectivity index (χ3n) is 4.18. The first kappa shape index (κ1) is 15.5. The molecule has 0 aliphatic carbocycles. The van der Waals surface area contributed by atoms with Crippen LogP contribution in [-0.2, 0) is 6.61 Å². The Hall–Kier alpha value is -3.05. The normalized spacial score (nSPS) is 11.2. The topological polar surface area (TPSA) is 46.3 Å². The lowest BCUT2D eigenvalue weighted by molar-refractivity contribution is 0.281.